The van der Waals surface area contributed by atoms with Gasteiger partial charge in [0.2, 0.25) is 5.91 Å². The molecule has 0 spiro atoms. The van der Waals surface area contributed by atoms with E-state index in [0.29, 0.717) is 23.8 Å². The summed E-state index contributed by atoms with van der Waals surface area (Å²) in [7, 11) is 0. The molecule has 0 aliphatic carbocycles. The van der Waals surface area contributed by atoms with Crippen molar-refractivity contribution in [3.05, 3.63) is 59.9 Å². The molecule has 1 amide bonds. The Morgan fingerprint density at radius 3 is 2.21 bits per heavy atom. The van der Waals surface area contributed by atoms with Crippen LogP contribution in [0.2, 0.25) is 0 Å². The zero-order valence-corrected chi connectivity index (χ0v) is 16.5. The van der Waals surface area contributed by atoms with E-state index in [4.69, 9.17) is 9.84 Å². The average Bonchev–Trinajstić information content (AvgIpc) is 2.72. The predicted molar refractivity (Wildman–Crippen MR) is 109 cm³/mol. The van der Waals surface area contributed by atoms with Gasteiger partial charge in [-0.3, -0.25) is 9.69 Å². The number of hydrogen-bond acceptors (Lipinski definition) is 5. The fraction of sp³-hybridized carbons (Fsp3) is 0.381. The van der Waals surface area contributed by atoms with Crippen LogP contribution < -0.4 is 4.74 Å². The first-order valence-electron chi connectivity index (χ1n) is 9.35. The molecule has 28 heavy (non-hydrogen) atoms. The number of thioether (sulfide) groups is 1. The van der Waals surface area contributed by atoms with Gasteiger partial charge in [-0.2, -0.15) is 0 Å². The van der Waals surface area contributed by atoms with Gasteiger partial charge in [-0.15, -0.1) is 11.8 Å². The highest BCUT2D eigenvalue weighted by molar-refractivity contribution is 7.99. The first-order valence-corrected chi connectivity index (χ1v) is 10.5. The van der Waals surface area contributed by atoms with Gasteiger partial charge < -0.3 is 14.7 Å². The lowest BCUT2D eigenvalue weighted by Gasteiger charge is -2.34. The molecular formula is C21H25FN2O3S. The molecule has 7 heteroatoms. The van der Waals surface area contributed by atoms with Gasteiger partial charge in [0.1, 0.15) is 17.3 Å². The Kier molecular flexibility index (Phi) is 7.71. The van der Waals surface area contributed by atoms with Gasteiger partial charge in [0.25, 0.3) is 0 Å². The Hall–Kier alpha value is -2.09. The molecule has 0 aromatic heterocycles. The van der Waals surface area contributed by atoms with Crippen LogP contribution in [-0.4, -0.2) is 65.9 Å². The average molecular weight is 405 g/mol. The molecule has 2 aromatic carbocycles. The summed E-state index contributed by atoms with van der Waals surface area (Å²) in [6.45, 7) is 3.96. The van der Waals surface area contributed by atoms with Crippen LogP contribution in [0, 0.1) is 5.82 Å². The van der Waals surface area contributed by atoms with Gasteiger partial charge in [0.05, 0.1) is 12.4 Å². The molecule has 1 aliphatic heterocycles. The largest absolute Gasteiger partial charge is 0.457 e. The van der Waals surface area contributed by atoms with Crippen molar-refractivity contribution in [1.29, 1.82) is 0 Å². The summed E-state index contributed by atoms with van der Waals surface area (Å²) >= 11 is 1.60. The van der Waals surface area contributed by atoms with Crippen molar-refractivity contribution in [3.63, 3.8) is 0 Å². The lowest BCUT2D eigenvalue weighted by molar-refractivity contribution is -0.130. The van der Waals surface area contributed by atoms with Crippen LogP contribution in [0.25, 0.3) is 0 Å². The molecule has 0 atom stereocenters. The van der Waals surface area contributed by atoms with Crippen molar-refractivity contribution in [1.82, 2.24) is 9.80 Å². The van der Waals surface area contributed by atoms with Crippen molar-refractivity contribution in [2.75, 3.05) is 45.1 Å². The maximum atomic E-state index is 12.9. The molecule has 150 valence electrons. The zero-order valence-electron chi connectivity index (χ0n) is 15.7. The number of halogens is 1. The van der Waals surface area contributed by atoms with Crippen LogP contribution in [0.1, 0.15) is 5.56 Å². The summed E-state index contributed by atoms with van der Waals surface area (Å²) in [6.07, 6.45) is 0. The molecule has 2 aromatic rings. The number of ether oxygens (including phenoxy) is 1. The zero-order chi connectivity index (χ0) is 19.8. The molecule has 1 heterocycles. The number of carbonyl (C=O) groups is 1. The number of aliphatic hydroxyl groups excluding tert-OH is 1. The standard InChI is InChI=1S/C21H25FN2O3S/c22-18-3-7-20(8-4-18)27-19-5-1-17(2-6-19)15-28-16-21(26)24-11-9-23(10-12-24)13-14-25/h1-8,25H,9-16H2. The summed E-state index contributed by atoms with van der Waals surface area (Å²) in [5.41, 5.74) is 1.12. The third-order valence-electron chi connectivity index (χ3n) is 4.61. The minimum atomic E-state index is -0.290. The minimum absolute atomic E-state index is 0.164. The Morgan fingerprint density at radius 2 is 1.61 bits per heavy atom. The number of hydrogen-bond donors (Lipinski definition) is 1. The smallest absolute Gasteiger partial charge is 0.232 e. The number of carbonyl (C=O) groups excluding carboxylic acids is 1. The molecular weight excluding hydrogens is 379 g/mol. The minimum Gasteiger partial charge on any atom is -0.457 e. The number of nitrogens with zero attached hydrogens (tertiary/aromatic N) is 2. The summed E-state index contributed by atoms with van der Waals surface area (Å²) < 4.78 is 18.6. The summed E-state index contributed by atoms with van der Waals surface area (Å²) in [5, 5.41) is 8.97. The van der Waals surface area contributed by atoms with Gasteiger partial charge in [-0.05, 0) is 42.0 Å². The maximum absolute atomic E-state index is 12.9. The number of β-amino-alcohol motifs (C(OH)–C–C–N with tert-alkyl or cyclic N) is 1. The first-order chi connectivity index (χ1) is 13.6. The SMILES string of the molecule is O=C(CSCc1ccc(Oc2ccc(F)cc2)cc1)N1CCN(CCO)CC1. The van der Waals surface area contributed by atoms with Crippen LogP contribution in [0.15, 0.2) is 48.5 Å². The topological polar surface area (TPSA) is 53.0 Å². The van der Waals surface area contributed by atoms with Crippen molar-refractivity contribution < 1.29 is 19.0 Å². The van der Waals surface area contributed by atoms with E-state index in [1.54, 1.807) is 23.9 Å². The molecule has 1 N–H and O–H groups in total. The second kappa shape index (κ2) is 10.5. The van der Waals surface area contributed by atoms with E-state index in [1.807, 2.05) is 29.2 Å². The van der Waals surface area contributed by atoms with Gasteiger partial charge >= 0.3 is 0 Å². The van der Waals surface area contributed by atoms with Crippen LogP contribution >= 0.6 is 11.8 Å². The second-order valence-electron chi connectivity index (χ2n) is 6.64. The van der Waals surface area contributed by atoms with E-state index in [1.165, 1.54) is 12.1 Å². The fourth-order valence-electron chi connectivity index (χ4n) is 3.00. The highest BCUT2D eigenvalue weighted by Gasteiger charge is 2.20. The van der Waals surface area contributed by atoms with E-state index >= 15 is 0 Å². The summed E-state index contributed by atoms with van der Waals surface area (Å²) in [4.78, 5) is 16.4. The maximum Gasteiger partial charge on any atom is 0.232 e. The van der Waals surface area contributed by atoms with Crippen molar-refractivity contribution in [2.24, 2.45) is 0 Å². The summed E-state index contributed by atoms with van der Waals surface area (Å²) in [6, 6.07) is 13.6. The normalized spacial score (nSPS) is 14.9. The van der Waals surface area contributed by atoms with E-state index in [-0.39, 0.29) is 18.3 Å². The molecule has 0 bridgehead atoms. The Morgan fingerprint density at radius 1 is 1.00 bits per heavy atom. The fourth-order valence-corrected chi connectivity index (χ4v) is 3.89. The third kappa shape index (κ3) is 6.22. The Balaban J connectivity index is 1.39. The van der Waals surface area contributed by atoms with Gasteiger partial charge in [-0.1, -0.05) is 12.1 Å². The Bertz CT molecular complexity index is 747. The quantitative estimate of drug-likeness (QED) is 0.733. The first kappa shape index (κ1) is 20.6. The van der Waals surface area contributed by atoms with Gasteiger partial charge in [0, 0.05) is 38.5 Å². The number of aliphatic hydroxyl groups is 1. The molecule has 5 nitrogen and oxygen atoms in total. The van der Waals surface area contributed by atoms with Crippen LogP contribution in [-0.2, 0) is 10.5 Å². The summed E-state index contributed by atoms with van der Waals surface area (Å²) in [5.74, 6) is 2.39. The number of rotatable bonds is 8. The van der Waals surface area contributed by atoms with Gasteiger partial charge in [-0.25, -0.2) is 4.39 Å². The molecule has 3 rings (SSSR count). The van der Waals surface area contributed by atoms with E-state index < -0.39 is 0 Å². The van der Waals surface area contributed by atoms with Crippen LogP contribution in [0.4, 0.5) is 4.39 Å². The van der Waals surface area contributed by atoms with Crippen molar-refractivity contribution >= 4 is 17.7 Å². The van der Waals surface area contributed by atoms with Crippen LogP contribution in [0.5, 0.6) is 11.5 Å². The molecule has 1 saturated heterocycles. The lowest BCUT2D eigenvalue weighted by Crippen LogP contribution is -2.49. The Labute approximate surface area is 169 Å². The third-order valence-corrected chi connectivity index (χ3v) is 5.60. The predicted octanol–water partition coefficient (Wildman–Crippen LogP) is 2.99. The monoisotopic (exact) mass is 404 g/mol. The number of benzene rings is 2. The number of piperazine rings is 1. The lowest BCUT2D eigenvalue weighted by atomic mass is 10.2. The van der Waals surface area contributed by atoms with Crippen molar-refractivity contribution in [3.8, 4) is 11.5 Å². The molecule has 0 radical (unpaired) electrons. The molecule has 1 aliphatic rings. The van der Waals surface area contributed by atoms with E-state index in [9.17, 15) is 9.18 Å². The van der Waals surface area contributed by atoms with E-state index in [0.717, 1.165) is 37.5 Å². The highest BCUT2D eigenvalue weighted by atomic mass is 32.2. The molecule has 0 saturated carbocycles. The van der Waals surface area contributed by atoms with E-state index in [2.05, 4.69) is 4.90 Å². The highest BCUT2D eigenvalue weighted by Crippen LogP contribution is 2.23. The van der Waals surface area contributed by atoms with Crippen molar-refractivity contribution in [2.45, 2.75) is 5.75 Å². The molecule has 1 fully saturated rings. The number of amides is 1. The second-order valence-corrected chi connectivity index (χ2v) is 7.62. The molecule has 0 unspecified atom stereocenters. The van der Waals surface area contributed by atoms with Crippen LogP contribution in [0.3, 0.4) is 0 Å². The van der Waals surface area contributed by atoms with Gasteiger partial charge in [0.15, 0.2) is 0 Å².